The molecule has 0 spiro atoms. The third-order valence-electron chi connectivity index (χ3n) is 5.87. The van der Waals surface area contributed by atoms with Crippen LogP contribution in [0.1, 0.15) is 16.7 Å². The van der Waals surface area contributed by atoms with Gasteiger partial charge in [0.2, 0.25) is 5.79 Å². The Hall–Kier alpha value is -1.85. The van der Waals surface area contributed by atoms with Crippen LogP contribution in [0.25, 0.3) is 0 Å². The lowest BCUT2D eigenvalue weighted by atomic mass is 9.83. The summed E-state index contributed by atoms with van der Waals surface area (Å²) in [7, 11) is 0. The maximum atomic E-state index is 12.3. The van der Waals surface area contributed by atoms with Crippen molar-refractivity contribution in [2.75, 3.05) is 19.8 Å². The first-order chi connectivity index (χ1) is 15.2. The molecule has 2 aromatic rings. The largest absolute Gasteiger partial charge is 0.488 e. The van der Waals surface area contributed by atoms with Gasteiger partial charge in [0, 0.05) is 10.6 Å². The molecule has 2 saturated heterocycles. The monoisotopic (exact) mass is 472 g/mol. The minimum absolute atomic E-state index is 0.225. The van der Waals surface area contributed by atoms with E-state index in [2.05, 4.69) is 0 Å². The van der Waals surface area contributed by atoms with E-state index in [-0.39, 0.29) is 6.61 Å². The van der Waals surface area contributed by atoms with Crippen LogP contribution in [-0.2, 0) is 21.7 Å². The Morgan fingerprint density at radius 3 is 2.47 bits per heavy atom. The Bertz CT molecular complexity index is 960. The highest BCUT2D eigenvalue weighted by atomic mass is 35.5. The summed E-state index contributed by atoms with van der Waals surface area (Å²) in [5.74, 6) is -1.47. The van der Waals surface area contributed by atoms with Crippen molar-refractivity contribution in [3.63, 3.8) is 0 Å². The molecular formula is C22H23ClF2O7. The van der Waals surface area contributed by atoms with Crippen molar-refractivity contribution in [1.29, 1.82) is 0 Å². The molecule has 0 aromatic heterocycles. The minimum atomic E-state index is -2.56. The zero-order valence-corrected chi connectivity index (χ0v) is 17.6. The first-order valence-corrected chi connectivity index (χ1v) is 10.4. The van der Waals surface area contributed by atoms with Gasteiger partial charge in [0.05, 0.1) is 13.2 Å². The van der Waals surface area contributed by atoms with Crippen LogP contribution in [0, 0.1) is 0 Å². The minimum Gasteiger partial charge on any atom is -0.488 e. The molecule has 2 fully saturated rings. The molecule has 32 heavy (non-hydrogen) atoms. The Morgan fingerprint density at radius 1 is 1.09 bits per heavy atom. The van der Waals surface area contributed by atoms with Crippen molar-refractivity contribution < 1.29 is 43.4 Å². The second-order valence-corrected chi connectivity index (χ2v) is 8.40. The second-order valence-electron chi connectivity index (χ2n) is 7.99. The number of halogens is 3. The van der Waals surface area contributed by atoms with Crippen LogP contribution in [0.2, 0.25) is 5.02 Å². The van der Waals surface area contributed by atoms with Crippen molar-refractivity contribution in [3.05, 3.63) is 64.2 Å². The van der Waals surface area contributed by atoms with Crippen molar-refractivity contribution in [2.45, 2.75) is 42.5 Å². The topological polar surface area (TPSA) is 109 Å². The zero-order chi connectivity index (χ0) is 23.1. The summed E-state index contributed by atoms with van der Waals surface area (Å²) in [5.41, 5.74) is 0.277. The number of alkyl halides is 2. The first-order valence-electron chi connectivity index (χ1n) is 9.99. The molecule has 4 N–H and O–H groups in total. The van der Waals surface area contributed by atoms with Gasteiger partial charge in [-0.25, -0.2) is 8.78 Å². The number of hydrogen-bond donors (Lipinski definition) is 4. The maximum absolute atomic E-state index is 12.3. The van der Waals surface area contributed by atoms with Gasteiger partial charge in [0.1, 0.15) is 36.3 Å². The van der Waals surface area contributed by atoms with Gasteiger partial charge in [0.25, 0.3) is 6.43 Å². The van der Waals surface area contributed by atoms with Crippen LogP contribution in [-0.4, -0.2) is 70.6 Å². The van der Waals surface area contributed by atoms with Crippen molar-refractivity contribution in [1.82, 2.24) is 0 Å². The molecular weight excluding hydrogens is 450 g/mol. The van der Waals surface area contributed by atoms with E-state index >= 15 is 0 Å². The third-order valence-corrected chi connectivity index (χ3v) is 6.24. The lowest BCUT2D eigenvalue weighted by Crippen LogP contribution is -2.65. The number of benzene rings is 2. The normalized spacial score (nSPS) is 31.8. The molecule has 2 heterocycles. The molecule has 5 atom stereocenters. The number of fused-ring (bicyclic) bond motifs is 2. The average Bonchev–Trinajstić information content (AvgIpc) is 3.17. The average molecular weight is 473 g/mol. The zero-order valence-electron chi connectivity index (χ0n) is 16.8. The van der Waals surface area contributed by atoms with E-state index in [1.54, 1.807) is 42.5 Å². The van der Waals surface area contributed by atoms with E-state index in [9.17, 15) is 29.2 Å². The van der Waals surface area contributed by atoms with Crippen LogP contribution in [0.3, 0.4) is 0 Å². The fraction of sp³-hybridized carbons (Fsp3) is 0.455. The number of aliphatic hydroxyl groups is 4. The quantitative estimate of drug-likeness (QED) is 0.485. The van der Waals surface area contributed by atoms with Crippen molar-refractivity contribution >= 4 is 11.6 Å². The van der Waals surface area contributed by atoms with E-state index in [4.69, 9.17) is 25.8 Å². The molecule has 0 radical (unpaired) electrons. The molecule has 0 saturated carbocycles. The smallest absolute Gasteiger partial charge is 0.272 e. The predicted octanol–water partition coefficient (Wildman–Crippen LogP) is 1.60. The summed E-state index contributed by atoms with van der Waals surface area (Å²) < 4.78 is 41.1. The van der Waals surface area contributed by atoms with Crippen LogP contribution < -0.4 is 4.74 Å². The number of rotatable bonds is 7. The van der Waals surface area contributed by atoms with Gasteiger partial charge in [-0.15, -0.1) is 0 Å². The Balaban J connectivity index is 1.59. The molecule has 7 nitrogen and oxygen atoms in total. The molecule has 4 rings (SSSR count). The fourth-order valence-electron chi connectivity index (χ4n) is 4.08. The summed E-state index contributed by atoms with van der Waals surface area (Å²) in [6.07, 6.45) is -6.94. The van der Waals surface area contributed by atoms with E-state index < -0.39 is 49.3 Å². The number of hydrogen-bond acceptors (Lipinski definition) is 7. The highest BCUT2D eigenvalue weighted by Crippen LogP contribution is 2.49. The predicted molar refractivity (Wildman–Crippen MR) is 109 cm³/mol. The van der Waals surface area contributed by atoms with Crippen LogP contribution >= 0.6 is 11.6 Å². The van der Waals surface area contributed by atoms with Gasteiger partial charge in [-0.05, 0) is 41.8 Å². The standard InChI is InChI=1S/C22H23ClF2O7/c23-16-6-3-14(22-20(29)18(27)19(28)21(10-26,32-22)11-31-22)8-13(16)7-12-1-4-15(5-2-12)30-9-17(24)25/h1-6,8,17-20,26-29H,7,9-11H2/t18-,19-,20+,21+,22?/m0/s1. The van der Waals surface area contributed by atoms with Gasteiger partial charge in [-0.2, -0.15) is 0 Å². The highest BCUT2D eigenvalue weighted by molar-refractivity contribution is 6.31. The van der Waals surface area contributed by atoms with Gasteiger partial charge in [0.15, 0.2) is 0 Å². The highest BCUT2D eigenvalue weighted by Gasteiger charge is 2.67. The van der Waals surface area contributed by atoms with E-state index in [1.165, 1.54) is 0 Å². The lowest BCUT2D eigenvalue weighted by molar-refractivity contribution is -0.329. The Kier molecular flexibility index (Phi) is 6.43. The van der Waals surface area contributed by atoms with E-state index in [0.717, 1.165) is 5.56 Å². The summed E-state index contributed by atoms with van der Waals surface area (Å²) in [4.78, 5) is 0. The van der Waals surface area contributed by atoms with Gasteiger partial charge >= 0.3 is 0 Å². The number of aliphatic hydroxyl groups excluding tert-OH is 4. The Morgan fingerprint density at radius 2 is 1.81 bits per heavy atom. The van der Waals surface area contributed by atoms with Gasteiger partial charge in [-0.1, -0.05) is 29.8 Å². The van der Waals surface area contributed by atoms with Crippen LogP contribution in [0.4, 0.5) is 8.78 Å². The molecule has 2 aromatic carbocycles. The molecule has 0 amide bonds. The summed E-state index contributed by atoms with van der Waals surface area (Å²) in [5, 5.41) is 41.5. The molecule has 0 aliphatic carbocycles. The molecule has 174 valence electrons. The maximum Gasteiger partial charge on any atom is 0.272 e. The molecule has 1 unspecified atom stereocenters. The molecule has 2 aliphatic rings. The number of ether oxygens (including phenoxy) is 3. The third kappa shape index (κ3) is 3.99. The Labute approximate surface area is 187 Å². The van der Waals surface area contributed by atoms with Gasteiger partial charge in [-0.3, -0.25) is 0 Å². The summed E-state index contributed by atoms with van der Waals surface area (Å²) in [6, 6.07) is 11.4. The first kappa shape index (κ1) is 23.3. The molecule has 10 heteroatoms. The molecule has 2 bridgehead atoms. The summed E-state index contributed by atoms with van der Waals surface area (Å²) in [6.45, 7) is -1.52. The SMILES string of the molecule is OC[C@]12COC(c3ccc(Cl)c(Cc4ccc(OCC(F)F)cc4)c3)(O1)[C@H](O)[C@@H](O)[C@@H]2O. The van der Waals surface area contributed by atoms with Crippen molar-refractivity contribution in [2.24, 2.45) is 0 Å². The van der Waals surface area contributed by atoms with Crippen LogP contribution in [0.15, 0.2) is 42.5 Å². The van der Waals surface area contributed by atoms with E-state index in [0.29, 0.717) is 28.3 Å². The second kappa shape index (κ2) is 8.83. The van der Waals surface area contributed by atoms with Gasteiger partial charge < -0.3 is 34.6 Å². The van der Waals surface area contributed by atoms with Crippen LogP contribution in [0.5, 0.6) is 5.75 Å². The fourth-order valence-corrected chi connectivity index (χ4v) is 4.27. The van der Waals surface area contributed by atoms with E-state index in [1.807, 2.05) is 0 Å². The lowest BCUT2D eigenvalue weighted by Gasteiger charge is -2.46. The summed E-state index contributed by atoms with van der Waals surface area (Å²) >= 11 is 6.36. The van der Waals surface area contributed by atoms with Crippen molar-refractivity contribution in [3.8, 4) is 5.75 Å². The molecule has 2 aliphatic heterocycles.